The topological polar surface area (TPSA) is 79.5 Å². The highest BCUT2D eigenvalue weighted by atomic mass is 79.9. The summed E-state index contributed by atoms with van der Waals surface area (Å²) >= 11 is 8.68. The molecule has 0 aliphatic carbocycles. The van der Waals surface area contributed by atoms with Gasteiger partial charge in [-0.2, -0.15) is 0 Å². The largest absolute Gasteiger partial charge is 0.492 e. The van der Waals surface area contributed by atoms with Gasteiger partial charge in [-0.3, -0.25) is 14.9 Å². The summed E-state index contributed by atoms with van der Waals surface area (Å²) in [6, 6.07) is 19.6. The first-order chi connectivity index (χ1) is 15.9. The summed E-state index contributed by atoms with van der Waals surface area (Å²) in [5.74, 6) is 0.176. The molecule has 33 heavy (non-hydrogen) atoms. The molecule has 3 aromatic rings. The van der Waals surface area contributed by atoms with Crippen LogP contribution in [0, 0.1) is 6.92 Å². The van der Waals surface area contributed by atoms with Crippen LogP contribution in [0.5, 0.6) is 5.75 Å². The van der Waals surface area contributed by atoms with Crippen LogP contribution in [0.3, 0.4) is 0 Å². The summed E-state index contributed by atoms with van der Waals surface area (Å²) in [4.78, 5) is 25.0. The molecule has 0 heterocycles. The number of benzene rings is 3. The smallest absolute Gasteiger partial charge is 0.257 e. The van der Waals surface area contributed by atoms with Crippen molar-refractivity contribution in [3.05, 3.63) is 87.9 Å². The third kappa shape index (κ3) is 6.87. The zero-order valence-electron chi connectivity index (χ0n) is 18.3. The Bertz CT molecular complexity index is 1170. The molecule has 0 radical (unpaired) electrons. The van der Waals surface area contributed by atoms with Gasteiger partial charge in [0.15, 0.2) is 5.11 Å². The molecule has 0 atom stereocenters. The summed E-state index contributed by atoms with van der Waals surface area (Å²) < 4.78 is 6.30. The van der Waals surface area contributed by atoms with Gasteiger partial charge in [0.05, 0.1) is 11.1 Å². The maximum Gasteiger partial charge on any atom is 0.257 e. The lowest BCUT2D eigenvalue weighted by Crippen LogP contribution is -2.34. The molecule has 0 spiro atoms. The van der Waals surface area contributed by atoms with E-state index in [-0.39, 0.29) is 16.9 Å². The van der Waals surface area contributed by atoms with Gasteiger partial charge in [0.1, 0.15) is 5.75 Å². The van der Waals surface area contributed by atoms with Gasteiger partial charge in [-0.25, -0.2) is 0 Å². The first-order valence-electron chi connectivity index (χ1n) is 10.4. The number of aryl methyl sites for hydroxylation is 1. The van der Waals surface area contributed by atoms with Crippen molar-refractivity contribution in [1.82, 2.24) is 5.32 Å². The van der Waals surface area contributed by atoms with Gasteiger partial charge in [-0.05, 0) is 95.6 Å². The SMILES string of the molecule is CCCOc1ccc(C(=O)NC(=S)Nc2ccc(NC(=O)c3ccccc3C)cc2)cc1Br. The number of hydrogen-bond acceptors (Lipinski definition) is 4. The van der Waals surface area contributed by atoms with E-state index in [0.717, 1.165) is 12.0 Å². The molecule has 3 rings (SSSR count). The number of hydrogen-bond donors (Lipinski definition) is 3. The minimum absolute atomic E-state index is 0.166. The average Bonchev–Trinajstić information content (AvgIpc) is 2.79. The fourth-order valence-corrected chi connectivity index (χ4v) is 3.68. The maximum absolute atomic E-state index is 12.5. The van der Waals surface area contributed by atoms with Crippen LogP contribution < -0.4 is 20.7 Å². The molecule has 0 aromatic heterocycles. The standard InChI is InChI=1S/C25H24BrN3O3S/c1-3-14-32-22-13-8-17(15-21(22)26)23(30)29-25(33)28-19-11-9-18(10-12-19)27-24(31)20-7-5-4-6-16(20)2/h4-13,15H,3,14H2,1-2H3,(H,27,31)(H2,28,29,30,33). The number of halogens is 1. The molecule has 6 nitrogen and oxygen atoms in total. The number of amides is 2. The Morgan fingerprint density at radius 2 is 1.61 bits per heavy atom. The van der Waals surface area contributed by atoms with Crippen molar-refractivity contribution in [2.24, 2.45) is 0 Å². The number of carbonyl (C=O) groups excluding carboxylic acids is 2. The quantitative estimate of drug-likeness (QED) is 0.333. The van der Waals surface area contributed by atoms with Gasteiger partial charge in [0.25, 0.3) is 11.8 Å². The first kappa shape index (κ1) is 24.4. The lowest BCUT2D eigenvalue weighted by atomic mass is 10.1. The first-order valence-corrected chi connectivity index (χ1v) is 11.6. The molecule has 0 saturated carbocycles. The molecule has 3 N–H and O–H groups in total. The lowest BCUT2D eigenvalue weighted by Gasteiger charge is -2.12. The van der Waals surface area contributed by atoms with Crippen molar-refractivity contribution in [2.45, 2.75) is 20.3 Å². The Morgan fingerprint density at radius 3 is 2.24 bits per heavy atom. The van der Waals surface area contributed by atoms with Gasteiger partial charge in [0.2, 0.25) is 0 Å². The maximum atomic E-state index is 12.5. The Labute approximate surface area is 206 Å². The molecular formula is C25H24BrN3O3S. The molecule has 0 bridgehead atoms. The highest BCUT2D eigenvalue weighted by molar-refractivity contribution is 9.10. The highest BCUT2D eigenvalue weighted by Crippen LogP contribution is 2.26. The second kappa shape index (κ2) is 11.6. The number of rotatable bonds is 7. The van der Waals surface area contributed by atoms with E-state index in [1.807, 2.05) is 32.0 Å². The van der Waals surface area contributed by atoms with Crippen molar-refractivity contribution in [2.75, 3.05) is 17.2 Å². The van der Waals surface area contributed by atoms with E-state index in [4.69, 9.17) is 17.0 Å². The molecule has 3 aromatic carbocycles. The Morgan fingerprint density at radius 1 is 0.939 bits per heavy atom. The predicted octanol–water partition coefficient (Wildman–Crippen LogP) is 5.93. The summed E-state index contributed by atoms with van der Waals surface area (Å²) in [6.07, 6.45) is 0.897. The monoisotopic (exact) mass is 525 g/mol. The molecule has 8 heteroatoms. The molecular weight excluding hydrogens is 502 g/mol. The molecule has 2 amide bonds. The Kier molecular flexibility index (Phi) is 8.57. The number of anilines is 2. The van der Waals surface area contributed by atoms with E-state index in [1.54, 1.807) is 48.5 Å². The molecule has 0 aliphatic rings. The van der Waals surface area contributed by atoms with Gasteiger partial charge in [-0.1, -0.05) is 25.1 Å². The van der Waals surface area contributed by atoms with Crippen LogP contribution in [0.4, 0.5) is 11.4 Å². The van der Waals surface area contributed by atoms with E-state index >= 15 is 0 Å². The molecule has 0 saturated heterocycles. The van der Waals surface area contributed by atoms with Crippen LogP contribution in [-0.2, 0) is 0 Å². The highest BCUT2D eigenvalue weighted by Gasteiger charge is 2.12. The van der Waals surface area contributed by atoms with E-state index < -0.39 is 0 Å². The van der Waals surface area contributed by atoms with Crippen molar-refractivity contribution in [3.8, 4) is 5.75 Å². The van der Waals surface area contributed by atoms with Crippen LogP contribution in [0.2, 0.25) is 0 Å². The van der Waals surface area contributed by atoms with Crippen molar-refractivity contribution < 1.29 is 14.3 Å². The van der Waals surface area contributed by atoms with E-state index in [9.17, 15) is 9.59 Å². The minimum atomic E-state index is -0.336. The minimum Gasteiger partial charge on any atom is -0.492 e. The number of carbonyl (C=O) groups is 2. The van der Waals surface area contributed by atoms with Crippen LogP contribution in [-0.4, -0.2) is 23.5 Å². The van der Waals surface area contributed by atoms with Crippen LogP contribution in [0.15, 0.2) is 71.2 Å². The van der Waals surface area contributed by atoms with Gasteiger partial charge >= 0.3 is 0 Å². The van der Waals surface area contributed by atoms with Crippen LogP contribution in [0.25, 0.3) is 0 Å². The number of thiocarbonyl (C=S) groups is 1. The summed E-state index contributed by atoms with van der Waals surface area (Å²) in [7, 11) is 0. The summed E-state index contributed by atoms with van der Waals surface area (Å²) in [5, 5.41) is 8.66. The average molecular weight is 526 g/mol. The Hall–Kier alpha value is -3.23. The van der Waals surface area contributed by atoms with E-state index in [1.165, 1.54) is 0 Å². The Balaban J connectivity index is 1.55. The zero-order chi connectivity index (χ0) is 23.8. The summed E-state index contributed by atoms with van der Waals surface area (Å²) in [6.45, 7) is 4.52. The third-order valence-corrected chi connectivity index (χ3v) is 5.50. The number of ether oxygens (including phenoxy) is 1. The van der Waals surface area contributed by atoms with Crippen molar-refractivity contribution in [1.29, 1.82) is 0 Å². The number of nitrogens with one attached hydrogen (secondary N) is 3. The van der Waals surface area contributed by atoms with Gasteiger partial charge < -0.3 is 15.4 Å². The van der Waals surface area contributed by atoms with Crippen LogP contribution >= 0.6 is 28.1 Å². The normalized spacial score (nSPS) is 10.3. The van der Waals surface area contributed by atoms with E-state index in [2.05, 4.69) is 31.9 Å². The third-order valence-electron chi connectivity index (χ3n) is 4.67. The zero-order valence-corrected chi connectivity index (χ0v) is 20.7. The summed E-state index contributed by atoms with van der Waals surface area (Å²) in [5.41, 5.74) is 3.31. The van der Waals surface area contributed by atoms with Crippen molar-refractivity contribution in [3.63, 3.8) is 0 Å². The van der Waals surface area contributed by atoms with E-state index in [0.29, 0.717) is 39.3 Å². The molecule has 170 valence electrons. The molecule has 0 fully saturated rings. The fraction of sp³-hybridized carbons (Fsp3) is 0.160. The predicted molar refractivity (Wildman–Crippen MR) is 139 cm³/mol. The van der Waals surface area contributed by atoms with Crippen LogP contribution in [0.1, 0.15) is 39.6 Å². The second-order valence-corrected chi connectivity index (χ2v) is 8.51. The molecule has 0 unspecified atom stereocenters. The lowest BCUT2D eigenvalue weighted by molar-refractivity contribution is 0.0976. The van der Waals surface area contributed by atoms with Crippen molar-refractivity contribution >= 4 is 56.4 Å². The fourth-order valence-electron chi connectivity index (χ4n) is 2.97. The van der Waals surface area contributed by atoms with Gasteiger partial charge in [0, 0.05) is 22.5 Å². The molecule has 0 aliphatic heterocycles. The second-order valence-electron chi connectivity index (χ2n) is 7.25. The van der Waals surface area contributed by atoms with Gasteiger partial charge in [-0.15, -0.1) is 0 Å².